The van der Waals surface area contributed by atoms with Crippen molar-refractivity contribution in [3.05, 3.63) is 47.0 Å². The Hall–Kier alpha value is -2.31. The summed E-state index contributed by atoms with van der Waals surface area (Å²) in [5, 5.41) is 6.66. The minimum absolute atomic E-state index is 0.0859. The van der Waals surface area contributed by atoms with Crippen molar-refractivity contribution in [3.8, 4) is 0 Å². The number of carbonyl (C=O) groups excluding carboxylic acids is 1. The second-order valence-corrected chi connectivity index (χ2v) is 5.43. The van der Waals surface area contributed by atoms with Crippen molar-refractivity contribution in [2.24, 2.45) is 5.92 Å². The van der Waals surface area contributed by atoms with Crippen molar-refractivity contribution < 1.29 is 18.0 Å². The number of fused-ring (bicyclic) bond motifs is 1. The first-order chi connectivity index (χ1) is 11.5. The summed E-state index contributed by atoms with van der Waals surface area (Å²) in [6.07, 6.45) is 2.86. The van der Waals surface area contributed by atoms with E-state index in [1.165, 1.54) is 0 Å². The predicted molar refractivity (Wildman–Crippen MR) is 85.1 cm³/mol. The molecule has 24 heavy (non-hydrogen) atoms. The molecule has 0 bridgehead atoms. The van der Waals surface area contributed by atoms with Crippen LogP contribution in [0.15, 0.2) is 18.3 Å². The van der Waals surface area contributed by atoms with Crippen LogP contribution in [0.2, 0.25) is 0 Å². The molecule has 1 unspecified atom stereocenters. The van der Waals surface area contributed by atoms with E-state index in [0.717, 1.165) is 23.4 Å². The fourth-order valence-corrected chi connectivity index (χ4v) is 2.67. The number of anilines is 1. The van der Waals surface area contributed by atoms with Crippen LogP contribution in [0.1, 0.15) is 31.5 Å². The van der Waals surface area contributed by atoms with Crippen molar-refractivity contribution >= 4 is 11.6 Å². The maximum Gasteiger partial charge on any atom is 0.227 e. The molecule has 1 aliphatic rings. The smallest absolute Gasteiger partial charge is 0.227 e. The lowest BCUT2D eigenvalue weighted by molar-refractivity contribution is -0.120. The molecular weight excluding hydrogens is 319 g/mol. The van der Waals surface area contributed by atoms with Gasteiger partial charge >= 0.3 is 0 Å². The Morgan fingerprint density at radius 3 is 2.50 bits per heavy atom. The van der Waals surface area contributed by atoms with E-state index >= 15 is 0 Å². The quantitative estimate of drug-likeness (QED) is 0.845. The average molecular weight is 339 g/mol. The lowest BCUT2D eigenvalue weighted by atomic mass is 9.94. The number of hydrogen-bond donors (Lipinski definition) is 1. The van der Waals surface area contributed by atoms with E-state index in [0.29, 0.717) is 19.4 Å². The summed E-state index contributed by atoms with van der Waals surface area (Å²) in [5.74, 6) is -4.84. The molecule has 0 fully saturated rings. The van der Waals surface area contributed by atoms with Gasteiger partial charge in [-0.3, -0.25) is 9.48 Å². The maximum atomic E-state index is 13.2. The Bertz CT molecular complexity index is 720. The first kappa shape index (κ1) is 18.0. The van der Waals surface area contributed by atoms with Crippen LogP contribution in [0.3, 0.4) is 0 Å². The van der Waals surface area contributed by atoms with Crippen molar-refractivity contribution in [1.29, 1.82) is 0 Å². The molecule has 0 spiro atoms. The highest BCUT2D eigenvalue weighted by Gasteiger charge is 2.27. The van der Waals surface area contributed by atoms with Gasteiger partial charge in [-0.1, -0.05) is 13.8 Å². The first-order valence-corrected chi connectivity index (χ1v) is 7.92. The lowest BCUT2D eigenvalue weighted by Crippen LogP contribution is -2.30. The van der Waals surface area contributed by atoms with Gasteiger partial charge in [0.05, 0.1) is 6.20 Å². The number of benzene rings is 1. The Labute approximate surface area is 138 Å². The fourth-order valence-electron chi connectivity index (χ4n) is 2.67. The topological polar surface area (TPSA) is 46.9 Å². The van der Waals surface area contributed by atoms with Gasteiger partial charge in [-0.05, 0) is 18.9 Å². The minimum atomic E-state index is -1.55. The molecule has 130 valence electrons. The molecule has 2 aromatic rings. The molecule has 0 saturated carbocycles. The van der Waals surface area contributed by atoms with Crippen LogP contribution in [0.5, 0.6) is 0 Å². The van der Waals surface area contributed by atoms with Gasteiger partial charge < -0.3 is 5.32 Å². The molecular formula is C17H20F3N3O. The number of aromatic nitrogens is 2. The number of nitrogens with one attached hydrogen (secondary N) is 1. The minimum Gasteiger partial charge on any atom is -0.326 e. The number of rotatable bonds is 2. The van der Waals surface area contributed by atoms with Crippen LogP contribution >= 0.6 is 0 Å². The number of nitrogens with zero attached hydrogens (tertiary/aromatic N) is 2. The molecule has 7 heteroatoms. The van der Waals surface area contributed by atoms with Crippen molar-refractivity contribution in [2.45, 2.75) is 40.2 Å². The molecule has 1 aromatic carbocycles. The zero-order valence-corrected chi connectivity index (χ0v) is 13.9. The summed E-state index contributed by atoms with van der Waals surface area (Å²) < 4.78 is 41.1. The van der Waals surface area contributed by atoms with Crippen molar-refractivity contribution in [3.63, 3.8) is 0 Å². The lowest BCUT2D eigenvalue weighted by Gasteiger charge is -2.23. The van der Waals surface area contributed by atoms with Crippen LogP contribution < -0.4 is 5.32 Å². The number of hydrogen-bond acceptors (Lipinski definition) is 2. The zero-order valence-electron chi connectivity index (χ0n) is 13.9. The molecule has 1 amide bonds. The molecule has 0 aliphatic carbocycles. The molecule has 0 saturated heterocycles. The summed E-state index contributed by atoms with van der Waals surface area (Å²) in [4.78, 5) is 12.2. The second-order valence-electron chi connectivity index (χ2n) is 5.43. The van der Waals surface area contributed by atoms with Gasteiger partial charge in [0.25, 0.3) is 0 Å². The standard InChI is InChI=1S/C15H14F3N3O.C2H6/c1-8-7-19-21-3-2-9(4-13(8)21)15(22)20-10-5-11(16)14(18)12(17)6-10;1-2/h5-7,9H,2-4H2,1H3,(H,20,22);1-2H3. The van der Waals surface area contributed by atoms with E-state index in [9.17, 15) is 18.0 Å². The third-order valence-corrected chi connectivity index (χ3v) is 3.91. The molecule has 4 nitrogen and oxygen atoms in total. The first-order valence-electron chi connectivity index (χ1n) is 7.92. The van der Waals surface area contributed by atoms with Crippen molar-refractivity contribution in [1.82, 2.24) is 9.78 Å². The molecule has 1 aliphatic heterocycles. The normalized spacial score (nSPS) is 16.0. The van der Waals surface area contributed by atoms with E-state index in [4.69, 9.17) is 0 Å². The third kappa shape index (κ3) is 3.60. The van der Waals surface area contributed by atoms with Crippen LogP contribution in [-0.4, -0.2) is 15.7 Å². The fraction of sp³-hybridized carbons (Fsp3) is 0.412. The number of halogens is 3. The highest BCUT2D eigenvalue weighted by molar-refractivity contribution is 5.92. The van der Waals surface area contributed by atoms with Crippen molar-refractivity contribution in [2.75, 3.05) is 5.32 Å². The highest BCUT2D eigenvalue weighted by atomic mass is 19.2. The van der Waals surface area contributed by atoms with Crippen LogP contribution in [-0.2, 0) is 17.8 Å². The van der Waals surface area contributed by atoms with E-state index in [-0.39, 0.29) is 17.5 Å². The predicted octanol–water partition coefficient (Wildman–Crippen LogP) is 3.84. The van der Waals surface area contributed by atoms with Gasteiger partial charge in [0, 0.05) is 42.4 Å². The molecule has 1 atom stereocenters. The molecule has 3 rings (SSSR count). The summed E-state index contributed by atoms with van der Waals surface area (Å²) in [7, 11) is 0. The number of aryl methyl sites for hydroxylation is 2. The number of amides is 1. The van der Waals surface area contributed by atoms with E-state index in [1.807, 2.05) is 25.5 Å². The summed E-state index contributed by atoms with van der Waals surface area (Å²) in [5.41, 5.74) is 1.91. The Morgan fingerprint density at radius 1 is 1.25 bits per heavy atom. The van der Waals surface area contributed by atoms with Gasteiger partial charge in [-0.25, -0.2) is 13.2 Å². The van der Waals surface area contributed by atoms with Crippen LogP contribution in [0.4, 0.5) is 18.9 Å². The van der Waals surface area contributed by atoms with Crippen LogP contribution in [0, 0.1) is 30.3 Å². The third-order valence-electron chi connectivity index (χ3n) is 3.91. The molecule has 1 N–H and O–H groups in total. The van der Waals surface area contributed by atoms with Gasteiger partial charge in [0.1, 0.15) is 0 Å². The van der Waals surface area contributed by atoms with E-state index in [1.54, 1.807) is 6.20 Å². The molecule has 0 radical (unpaired) electrons. The van der Waals surface area contributed by atoms with E-state index in [2.05, 4.69) is 10.4 Å². The average Bonchev–Trinajstić information content (AvgIpc) is 2.95. The SMILES string of the molecule is CC.Cc1cnn2c1CC(C(=O)Nc1cc(F)c(F)c(F)c1)CC2. The highest BCUT2D eigenvalue weighted by Crippen LogP contribution is 2.24. The van der Waals surface area contributed by atoms with Gasteiger partial charge in [0.15, 0.2) is 17.5 Å². The summed E-state index contributed by atoms with van der Waals surface area (Å²) in [6, 6.07) is 1.54. The van der Waals surface area contributed by atoms with Gasteiger partial charge in [0.2, 0.25) is 5.91 Å². The zero-order chi connectivity index (χ0) is 17.9. The second kappa shape index (κ2) is 7.51. The maximum absolute atomic E-state index is 13.2. The Kier molecular flexibility index (Phi) is 5.64. The molecule has 2 heterocycles. The Morgan fingerprint density at radius 2 is 1.88 bits per heavy atom. The van der Waals surface area contributed by atoms with E-state index < -0.39 is 17.5 Å². The largest absolute Gasteiger partial charge is 0.326 e. The van der Waals surface area contributed by atoms with Gasteiger partial charge in [-0.2, -0.15) is 5.10 Å². The van der Waals surface area contributed by atoms with Gasteiger partial charge in [-0.15, -0.1) is 0 Å². The monoisotopic (exact) mass is 339 g/mol. The Balaban J connectivity index is 0.00000100. The van der Waals surface area contributed by atoms with Crippen LogP contribution in [0.25, 0.3) is 0 Å². The number of carbonyl (C=O) groups is 1. The summed E-state index contributed by atoms with van der Waals surface area (Å²) >= 11 is 0. The molecule has 1 aromatic heterocycles. The summed E-state index contributed by atoms with van der Waals surface area (Å²) in [6.45, 7) is 6.54.